The molecule has 0 aliphatic carbocycles. The molecule has 0 saturated heterocycles. The van der Waals surface area contributed by atoms with Crippen LogP contribution in [0.1, 0.15) is 20.3 Å². The molecule has 2 atom stereocenters. The fraction of sp³-hybridized carbons (Fsp3) is 0.333. The van der Waals surface area contributed by atoms with E-state index in [9.17, 15) is 0 Å². The van der Waals surface area contributed by atoms with Crippen LogP contribution in [0.15, 0.2) is 31.4 Å². The summed E-state index contributed by atoms with van der Waals surface area (Å²) < 4.78 is 1.04. The molecule has 0 bridgehead atoms. The number of hydrogen-bond acceptors (Lipinski definition) is 7. The van der Waals surface area contributed by atoms with Crippen LogP contribution in [0, 0.1) is 0 Å². The summed E-state index contributed by atoms with van der Waals surface area (Å²) in [5.41, 5.74) is 2.98. The van der Waals surface area contributed by atoms with Crippen molar-refractivity contribution in [2.45, 2.75) is 9.16 Å². The first-order valence-corrected chi connectivity index (χ1v) is 11.5. The Morgan fingerprint density at radius 2 is 1.32 bits per heavy atom. The van der Waals surface area contributed by atoms with E-state index in [1.165, 1.54) is 20.9 Å². The zero-order valence-electron chi connectivity index (χ0n) is 9.81. The Hall–Kier alpha value is 1.28. The molecule has 0 aromatic carbocycles. The summed E-state index contributed by atoms with van der Waals surface area (Å²) in [6.45, 7) is 0. The standard InChI is InChI=1S/C12H12S7/c13-1-7-3-16-11(18-7)9-5-15-6-10(9)12-17-4-8(2-14)19-12/h3-6,11-14H,1-2H2. The molecule has 3 rings (SSSR count). The molecule has 0 amide bonds. The van der Waals surface area contributed by atoms with Crippen molar-refractivity contribution >= 4 is 83.6 Å². The van der Waals surface area contributed by atoms with E-state index in [0.29, 0.717) is 9.16 Å². The lowest BCUT2D eigenvalue weighted by molar-refractivity contribution is 1.30. The summed E-state index contributed by atoms with van der Waals surface area (Å²) in [6.07, 6.45) is 0. The monoisotopic (exact) mass is 380 g/mol. The van der Waals surface area contributed by atoms with E-state index < -0.39 is 0 Å². The van der Waals surface area contributed by atoms with Gasteiger partial charge in [0.1, 0.15) is 0 Å². The zero-order chi connectivity index (χ0) is 13.2. The summed E-state index contributed by atoms with van der Waals surface area (Å²) in [6, 6.07) is 0. The van der Waals surface area contributed by atoms with Gasteiger partial charge in [0, 0.05) is 21.3 Å². The van der Waals surface area contributed by atoms with Crippen molar-refractivity contribution < 1.29 is 0 Å². The Labute approximate surface area is 145 Å². The summed E-state index contributed by atoms with van der Waals surface area (Å²) in [5, 5.41) is 9.15. The number of thioether (sulfide) groups is 4. The van der Waals surface area contributed by atoms with Crippen LogP contribution in [-0.4, -0.2) is 11.5 Å². The van der Waals surface area contributed by atoms with Crippen LogP contribution < -0.4 is 0 Å². The van der Waals surface area contributed by atoms with Crippen LogP contribution in [-0.2, 0) is 0 Å². The fourth-order valence-electron chi connectivity index (χ4n) is 1.78. The van der Waals surface area contributed by atoms with E-state index in [-0.39, 0.29) is 0 Å². The smallest absolute Gasteiger partial charge is 0.0848 e. The minimum atomic E-state index is 0.518. The molecular formula is C12H12S7. The average molecular weight is 381 g/mol. The van der Waals surface area contributed by atoms with Gasteiger partial charge in [0.15, 0.2) is 0 Å². The lowest BCUT2D eigenvalue weighted by Gasteiger charge is -2.14. The molecule has 0 N–H and O–H groups in total. The number of thiophene rings is 1. The molecule has 3 heterocycles. The Bertz CT molecular complexity index is 471. The number of thiol groups is 2. The van der Waals surface area contributed by atoms with Crippen molar-refractivity contribution in [3.63, 3.8) is 0 Å². The van der Waals surface area contributed by atoms with Crippen molar-refractivity contribution in [1.82, 2.24) is 0 Å². The highest BCUT2D eigenvalue weighted by molar-refractivity contribution is 8.23. The van der Waals surface area contributed by atoms with E-state index in [1.54, 1.807) is 0 Å². The van der Waals surface area contributed by atoms with E-state index >= 15 is 0 Å². The van der Waals surface area contributed by atoms with Crippen molar-refractivity contribution in [3.05, 3.63) is 42.5 Å². The normalized spacial score (nSPS) is 26.6. The Kier molecular flexibility index (Phi) is 5.62. The second kappa shape index (κ2) is 7.03. The third-order valence-corrected chi connectivity index (χ3v) is 10.0. The van der Waals surface area contributed by atoms with Gasteiger partial charge < -0.3 is 0 Å². The molecule has 7 heteroatoms. The lowest BCUT2D eigenvalue weighted by Crippen LogP contribution is -1.92. The van der Waals surface area contributed by atoms with Gasteiger partial charge in [-0.1, -0.05) is 0 Å². The minimum Gasteiger partial charge on any atom is -0.174 e. The SMILES string of the molecule is SCC1=CSC(c2cscc2C2SC=C(CS)S2)S1. The predicted molar refractivity (Wildman–Crippen MR) is 104 cm³/mol. The molecule has 102 valence electrons. The van der Waals surface area contributed by atoms with Gasteiger partial charge in [-0.25, -0.2) is 0 Å². The van der Waals surface area contributed by atoms with E-state index in [2.05, 4.69) is 46.8 Å². The van der Waals surface area contributed by atoms with Crippen LogP contribution in [0.5, 0.6) is 0 Å². The topological polar surface area (TPSA) is 0 Å². The predicted octanol–water partition coefficient (Wildman–Crippen LogP) is 6.25. The van der Waals surface area contributed by atoms with Crippen molar-refractivity contribution in [3.8, 4) is 0 Å². The average Bonchev–Trinajstić information content (AvgIpc) is 3.16. The maximum atomic E-state index is 4.37. The fourth-order valence-corrected chi connectivity index (χ4v) is 8.99. The van der Waals surface area contributed by atoms with Crippen molar-refractivity contribution in [2.24, 2.45) is 0 Å². The number of rotatable bonds is 4. The molecule has 0 saturated carbocycles. The first kappa shape index (κ1) is 15.2. The highest BCUT2D eigenvalue weighted by Crippen LogP contribution is 2.58. The Morgan fingerprint density at radius 1 is 0.842 bits per heavy atom. The van der Waals surface area contributed by atoms with Crippen LogP contribution >= 0.6 is 83.6 Å². The maximum Gasteiger partial charge on any atom is 0.0848 e. The lowest BCUT2D eigenvalue weighted by atomic mass is 10.2. The van der Waals surface area contributed by atoms with Gasteiger partial charge in [0.2, 0.25) is 0 Å². The third-order valence-electron chi connectivity index (χ3n) is 2.71. The van der Waals surface area contributed by atoms with E-state index in [1.807, 2.05) is 58.4 Å². The van der Waals surface area contributed by atoms with E-state index in [0.717, 1.165) is 11.5 Å². The first-order chi connectivity index (χ1) is 9.31. The quantitative estimate of drug-likeness (QED) is 0.592. The Balaban J connectivity index is 1.74. The first-order valence-electron chi connectivity index (χ1n) is 5.62. The molecule has 0 radical (unpaired) electrons. The van der Waals surface area contributed by atoms with Crippen LogP contribution in [0.4, 0.5) is 0 Å². The molecule has 0 nitrogen and oxygen atoms in total. The van der Waals surface area contributed by atoms with Crippen molar-refractivity contribution in [1.29, 1.82) is 0 Å². The van der Waals surface area contributed by atoms with Gasteiger partial charge >= 0.3 is 0 Å². The second-order valence-electron chi connectivity index (χ2n) is 3.94. The molecule has 2 aliphatic heterocycles. The third kappa shape index (κ3) is 3.38. The summed E-state index contributed by atoms with van der Waals surface area (Å²) in [7, 11) is 0. The summed E-state index contributed by atoms with van der Waals surface area (Å²) >= 11 is 18.3. The summed E-state index contributed by atoms with van der Waals surface area (Å²) in [5.74, 6) is 1.71. The summed E-state index contributed by atoms with van der Waals surface area (Å²) in [4.78, 5) is 2.77. The van der Waals surface area contributed by atoms with Crippen molar-refractivity contribution in [2.75, 3.05) is 11.5 Å². The molecule has 1 aromatic heterocycles. The molecule has 0 fully saturated rings. The highest BCUT2D eigenvalue weighted by Gasteiger charge is 2.28. The molecule has 2 unspecified atom stereocenters. The highest BCUT2D eigenvalue weighted by atomic mass is 32.2. The Morgan fingerprint density at radius 3 is 1.68 bits per heavy atom. The van der Waals surface area contributed by atoms with Gasteiger partial charge in [-0.3, -0.25) is 0 Å². The molecule has 2 aliphatic rings. The van der Waals surface area contributed by atoms with Gasteiger partial charge in [0.25, 0.3) is 0 Å². The second-order valence-corrected chi connectivity index (χ2v) is 10.3. The molecule has 0 spiro atoms. The van der Waals surface area contributed by atoms with E-state index in [4.69, 9.17) is 0 Å². The molecular weight excluding hydrogens is 369 g/mol. The van der Waals surface area contributed by atoms with Crippen LogP contribution in [0.25, 0.3) is 0 Å². The molecule has 19 heavy (non-hydrogen) atoms. The molecule has 1 aromatic rings. The zero-order valence-corrected chi connectivity index (χ0v) is 15.7. The van der Waals surface area contributed by atoms with Gasteiger partial charge in [0.05, 0.1) is 9.16 Å². The minimum absolute atomic E-state index is 0.518. The number of hydrogen-bond donors (Lipinski definition) is 2. The maximum absolute atomic E-state index is 4.37. The van der Waals surface area contributed by atoms with Gasteiger partial charge in [-0.05, 0) is 32.7 Å². The van der Waals surface area contributed by atoms with Gasteiger partial charge in [-0.2, -0.15) is 36.6 Å². The van der Waals surface area contributed by atoms with Crippen LogP contribution in [0.2, 0.25) is 0 Å². The van der Waals surface area contributed by atoms with Crippen LogP contribution in [0.3, 0.4) is 0 Å². The van der Waals surface area contributed by atoms with Gasteiger partial charge in [-0.15, -0.1) is 47.0 Å². The largest absolute Gasteiger partial charge is 0.174 e.